The molecule has 0 aliphatic heterocycles. The average molecular weight is 412 g/mol. The van der Waals surface area contributed by atoms with Crippen LogP contribution in [0.4, 0.5) is 0 Å². The van der Waals surface area contributed by atoms with E-state index in [1.165, 1.54) is 47.5 Å². The minimum Gasteiger partial charge on any atom is -0.508 e. The molecule has 0 unspecified atom stereocenters. The van der Waals surface area contributed by atoms with E-state index in [0.717, 1.165) is 0 Å². The third-order valence-electron chi connectivity index (χ3n) is 5.08. The van der Waals surface area contributed by atoms with Crippen LogP contribution in [0.5, 0.6) is 28.7 Å². The lowest BCUT2D eigenvalue weighted by molar-refractivity contribution is -0.113. The van der Waals surface area contributed by atoms with E-state index in [2.05, 4.69) is 0 Å². The van der Waals surface area contributed by atoms with Crippen LogP contribution in [0.25, 0.3) is 5.57 Å². The molecule has 0 fully saturated rings. The summed E-state index contributed by atoms with van der Waals surface area (Å²) in [6, 6.07) is 6.67. The second-order valence-electron chi connectivity index (χ2n) is 6.71. The molecule has 0 heterocycles. The van der Waals surface area contributed by atoms with Crippen LogP contribution in [0.15, 0.2) is 41.7 Å². The smallest absolute Gasteiger partial charge is 0.203 e. The first-order valence-electron chi connectivity index (χ1n) is 9.20. The molecule has 2 N–H and O–H groups in total. The van der Waals surface area contributed by atoms with Crippen molar-refractivity contribution in [2.75, 3.05) is 28.4 Å². The molecule has 0 saturated heterocycles. The van der Waals surface area contributed by atoms with Crippen molar-refractivity contribution in [2.24, 2.45) is 0 Å². The van der Waals surface area contributed by atoms with Crippen molar-refractivity contribution in [1.82, 2.24) is 0 Å². The third-order valence-corrected chi connectivity index (χ3v) is 5.08. The maximum Gasteiger partial charge on any atom is 0.203 e. The number of hydrogen-bond donors (Lipinski definition) is 2. The largest absolute Gasteiger partial charge is 0.508 e. The third kappa shape index (κ3) is 3.54. The summed E-state index contributed by atoms with van der Waals surface area (Å²) in [4.78, 5) is 12.2. The molecule has 30 heavy (non-hydrogen) atoms. The highest BCUT2D eigenvalue weighted by Crippen LogP contribution is 2.47. The van der Waals surface area contributed by atoms with Gasteiger partial charge in [-0.1, -0.05) is 6.07 Å². The summed E-state index contributed by atoms with van der Waals surface area (Å²) in [5.41, 5.74) is 2.77. The van der Waals surface area contributed by atoms with Crippen molar-refractivity contribution in [2.45, 2.75) is 13.3 Å². The van der Waals surface area contributed by atoms with Crippen LogP contribution in [0, 0.1) is 0 Å². The molecule has 0 spiro atoms. The zero-order valence-corrected chi connectivity index (χ0v) is 17.5. The minimum absolute atomic E-state index is 0.0515. The molecule has 1 aliphatic rings. The van der Waals surface area contributed by atoms with Gasteiger partial charge in [-0.2, -0.15) is 0 Å². The van der Waals surface area contributed by atoms with E-state index in [1.807, 2.05) is 0 Å². The number of aromatic hydroxyl groups is 1. The number of fused-ring (bicyclic) bond motifs is 1. The number of methoxy groups -OCH3 is 4. The van der Waals surface area contributed by atoms with Crippen LogP contribution in [-0.4, -0.2) is 44.4 Å². The molecular formula is C23H24O7. The van der Waals surface area contributed by atoms with Crippen molar-refractivity contribution in [3.05, 3.63) is 58.4 Å². The first-order chi connectivity index (χ1) is 14.4. The molecule has 0 saturated carbocycles. The van der Waals surface area contributed by atoms with Gasteiger partial charge in [-0.3, -0.25) is 4.79 Å². The summed E-state index contributed by atoms with van der Waals surface area (Å²) < 4.78 is 21.7. The molecule has 2 aromatic rings. The van der Waals surface area contributed by atoms with E-state index in [9.17, 15) is 15.0 Å². The van der Waals surface area contributed by atoms with E-state index in [4.69, 9.17) is 18.9 Å². The second kappa shape index (κ2) is 8.41. The fourth-order valence-corrected chi connectivity index (χ4v) is 3.60. The van der Waals surface area contributed by atoms with Gasteiger partial charge in [0.15, 0.2) is 28.8 Å². The number of ether oxygens (including phenoxy) is 4. The van der Waals surface area contributed by atoms with Gasteiger partial charge in [-0.05, 0) is 47.9 Å². The van der Waals surface area contributed by atoms with Gasteiger partial charge in [0, 0.05) is 17.6 Å². The minimum atomic E-state index is -0.259. The number of allylic oxidation sites excluding steroid dienone is 2. The van der Waals surface area contributed by atoms with Crippen molar-refractivity contribution in [3.8, 4) is 28.7 Å². The molecule has 158 valence electrons. The zero-order valence-electron chi connectivity index (χ0n) is 17.5. The quantitative estimate of drug-likeness (QED) is 0.745. The molecule has 1 aliphatic carbocycles. The second-order valence-corrected chi connectivity index (χ2v) is 6.71. The van der Waals surface area contributed by atoms with E-state index in [1.54, 1.807) is 18.2 Å². The normalized spacial score (nSPS) is 13.2. The Kier molecular flexibility index (Phi) is 5.91. The number of hydrogen-bond acceptors (Lipinski definition) is 7. The summed E-state index contributed by atoms with van der Waals surface area (Å²) in [7, 11) is 5.98. The summed E-state index contributed by atoms with van der Waals surface area (Å²) in [5, 5.41) is 21.0. The van der Waals surface area contributed by atoms with Crippen LogP contribution in [0.1, 0.15) is 23.6 Å². The van der Waals surface area contributed by atoms with Crippen molar-refractivity contribution in [3.63, 3.8) is 0 Å². The first kappa shape index (κ1) is 21.1. The maximum atomic E-state index is 12.2. The molecular weight excluding hydrogens is 388 g/mol. The predicted molar refractivity (Wildman–Crippen MR) is 112 cm³/mol. The lowest BCUT2D eigenvalue weighted by Gasteiger charge is -2.20. The van der Waals surface area contributed by atoms with Crippen molar-refractivity contribution >= 4 is 11.4 Å². The summed E-state index contributed by atoms with van der Waals surface area (Å²) >= 11 is 0. The summed E-state index contributed by atoms with van der Waals surface area (Å²) in [5.74, 6) is 1.09. The number of benzene rings is 2. The number of phenols is 1. The molecule has 7 nitrogen and oxygen atoms in total. The van der Waals surface area contributed by atoms with Gasteiger partial charge in [0.25, 0.3) is 0 Å². The average Bonchev–Trinajstić information content (AvgIpc) is 2.88. The van der Waals surface area contributed by atoms with Crippen LogP contribution in [-0.2, 0) is 11.2 Å². The molecule has 0 radical (unpaired) electrons. The van der Waals surface area contributed by atoms with Gasteiger partial charge >= 0.3 is 0 Å². The topological polar surface area (TPSA) is 94.5 Å². The molecule has 7 heteroatoms. The van der Waals surface area contributed by atoms with Gasteiger partial charge < -0.3 is 29.2 Å². The summed E-state index contributed by atoms with van der Waals surface area (Å²) in [6.45, 7) is 1.40. The van der Waals surface area contributed by atoms with Crippen molar-refractivity contribution < 1.29 is 34.0 Å². The van der Waals surface area contributed by atoms with Crippen molar-refractivity contribution in [1.29, 1.82) is 0 Å². The Morgan fingerprint density at radius 3 is 2.10 bits per heavy atom. The molecule has 0 amide bonds. The van der Waals surface area contributed by atoms with Crippen LogP contribution < -0.4 is 18.9 Å². The van der Waals surface area contributed by atoms with E-state index >= 15 is 0 Å². The highest BCUT2D eigenvalue weighted by molar-refractivity contribution is 5.98. The standard InChI is InChI=1S/C23H24O7/c1-12(24)14-9-17-16(11-21(28-3)23(30-5)22(17)29-4)15(10-18(14)25)13-6-7-20(27-2)19(26)8-13/h6-8,10-11,25-26H,9H2,1-5H3. The highest BCUT2D eigenvalue weighted by atomic mass is 16.5. The van der Waals surface area contributed by atoms with Crippen LogP contribution in [0.3, 0.4) is 0 Å². The maximum absolute atomic E-state index is 12.2. The molecule has 0 bridgehead atoms. The lowest BCUT2D eigenvalue weighted by atomic mass is 9.91. The Morgan fingerprint density at radius 1 is 0.900 bits per heavy atom. The number of carbonyl (C=O) groups is 1. The van der Waals surface area contributed by atoms with Crippen LogP contribution >= 0.6 is 0 Å². The van der Waals surface area contributed by atoms with Crippen LogP contribution in [0.2, 0.25) is 0 Å². The van der Waals surface area contributed by atoms with Gasteiger partial charge in [-0.25, -0.2) is 0 Å². The Labute approximate surface area is 174 Å². The number of carbonyl (C=O) groups excluding carboxylic acids is 1. The predicted octanol–water partition coefficient (Wildman–Crippen LogP) is 3.82. The Hall–Kier alpha value is -3.61. The fourth-order valence-electron chi connectivity index (χ4n) is 3.60. The summed E-state index contributed by atoms with van der Waals surface area (Å²) in [6.07, 6.45) is 1.65. The van der Waals surface area contributed by atoms with E-state index in [0.29, 0.717) is 45.3 Å². The Bertz CT molecular complexity index is 1060. The fraction of sp³-hybridized carbons (Fsp3) is 0.261. The first-order valence-corrected chi connectivity index (χ1v) is 9.20. The van der Waals surface area contributed by atoms with Gasteiger partial charge in [0.1, 0.15) is 5.76 Å². The Balaban J connectivity index is 2.38. The molecule has 0 aromatic heterocycles. The Morgan fingerprint density at radius 2 is 1.57 bits per heavy atom. The molecule has 3 rings (SSSR count). The SMILES string of the molecule is COc1ccc(C2=CC(O)=C(C(C)=O)Cc3c2cc(OC)c(OC)c3OC)cc1O. The van der Waals surface area contributed by atoms with E-state index < -0.39 is 0 Å². The monoisotopic (exact) mass is 412 g/mol. The molecule has 0 atom stereocenters. The van der Waals surface area contributed by atoms with E-state index in [-0.39, 0.29) is 29.3 Å². The zero-order chi connectivity index (χ0) is 22.0. The lowest BCUT2D eigenvalue weighted by Crippen LogP contribution is -2.07. The number of Topliss-reactive ketones (excluding diaryl/α,β-unsaturated/α-hetero) is 1. The van der Waals surface area contributed by atoms with Gasteiger partial charge in [0.2, 0.25) is 5.75 Å². The highest BCUT2D eigenvalue weighted by Gasteiger charge is 2.28. The number of aliphatic hydroxyl groups excluding tert-OH is 1. The van der Waals surface area contributed by atoms with Gasteiger partial charge in [0.05, 0.1) is 28.4 Å². The number of aliphatic hydroxyl groups is 1. The number of phenolic OH excluding ortho intramolecular Hbond substituents is 1. The van der Waals surface area contributed by atoms with Gasteiger partial charge in [-0.15, -0.1) is 0 Å². The number of rotatable bonds is 6. The molecule has 2 aromatic carbocycles. The number of ketones is 1.